The van der Waals surface area contributed by atoms with E-state index in [1.807, 2.05) is 17.0 Å². The van der Waals surface area contributed by atoms with Crippen molar-refractivity contribution >= 4 is 17.6 Å². The number of likely N-dealkylation sites (tertiary alicyclic amines) is 1. The lowest BCUT2D eigenvalue weighted by molar-refractivity contribution is -0.145. The second-order valence-corrected chi connectivity index (χ2v) is 7.48. The van der Waals surface area contributed by atoms with Crippen LogP contribution in [0.5, 0.6) is 5.88 Å². The van der Waals surface area contributed by atoms with Crippen molar-refractivity contribution in [2.45, 2.75) is 31.4 Å². The van der Waals surface area contributed by atoms with E-state index in [9.17, 15) is 14.3 Å². The minimum atomic E-state index is -0.867. The molecule has 0 aliphatic carbocycles. The number of pyridine rings is 1. The van der Waals surface area contributed by atoms with E-state index in [0.29, 0.717) is 29.6 Å². The van der Waals surface area contributed by atoms with Gasteiger partial charge < -0.3 is 14.6 Å². The Morgan fingerprint density at radius 2 is 2.10 bits per heavy atom. The van der Waals surface area contributed by atoms with Gasteiger partial charge in [0.25, 0.3) is 0 Å². The summed E-state index contributed by atoms with van der Waals surface area (Å²) in [7, 11) is 1.51. The number of nitrogens with zero attached hydrogens (tertiary/aromatic N) is 2. The lowest BCUT2D eigenvalue weighted by Crippen LogP contribution is -2.47. The molecular formula is C21H24ClFN2O4. The molecule has 1 aromatic heterocycles. The average Bonchev–Trinajstić information content (AvgIpc) is 2.71. The number of hydrogen-bond donors (Lipinski definition) is 1. The molecule has 0 saturated carbocycles. The Bertz CT molecular complexity index is 843. The molecule has 0 radical (unpaired) electrons. The van der Waals surface area contributed by atoms with Crippen molar-refractivity contribution in [2.75, 3.05) is 26.8 Å². The third-order valence-corrected chi connectivity index (χ3v) is 5.37. The van der Waals surface area contributed by atoms with Gasteiger partial charge in [-0.1, -0.05) is 23.7 Å². The SMILES string of the molecule is COCC(C(=O)O)N1CCC(c2cccc(OCc3ccc(Cl)cc3F)n2)CC1. The van der Waals surface area contributed by atoms with Crippen molar-refractivity contribution < 1.29 is 23.8 Å². The van der Waals surface area contributed by atoms with E-state index in [4.69, 9.17) is 21.1 Å². The van der Waals surface area contributed by atoms with Crippen molar-refractivity contribution in [3.05, 3.63) is 58.5 Å². The Labute approximate surface area is 174 Å². The lowest BCUT2D eigenvalue weighted by Gasteiger charge is -2.35. The summed E-state index contributed by atoms with van der Waals surface area (Å²) in [5, 5.41) is 9.72. The van der Waals surface area contributed by atoms with Crippen LogP contribution in [0.4, 0.5) is 4.39 Å². The Morgan fingerprint density at radius 3 is 2.76 bits per heavy atom. The summed E-state index contributed by atoms with van der Waals surface area (Å²) >= 11 is 5.77. The topological polar surface area (TPSA) is 71.9 Å². The predicted molar refractivity (Wildman–Crippen MR) is 107 cm³/mol. The molecule has 0 spiro atoms. The number of carboxylic acid groups (broad SMARTS) is 1. The first-order valence-electron chi connectivity index (χ1n) is 9.47. The molecule has 0 bridgehead atoms. The van der Waals surface area contributed by atoms with Crippen LogP contribution in [0.2, 0.25) is 5.02 Å². The molecule has 1 fully saturated rings. The fourth-order valence-corrected chi connectivity index (χ4v) is 3.69. The van der Waals surface area contributed by atoms with Gasteiger partial charge >= 0.3 is 5.97 Å². The first-order valence-corrected chi connectivity index (χ1v) is 9.85. The number of rotatable bonds is 8. The highest BCUT2D eigenvalue weighted by atomic mass is 35.5. The molecule has 8 heteroatoms. The Morgan fingerprint density at radius 1 is 1.34 bits per heavy atom. The van der Waals surface area contributed by atoms with Gasteiger partial charge in [-0.3, -0.25) is 9.69 Å². The fraction of sp³-hybridized carbons (Fsp3) is 0.429. The molecule has 2 aromatic rings. The summed E-state index contributed by atoms with van der Waals surface area (Å²) in [6.45, 7) is 1.56. The van der Waals surface area contributed by atoms with E-state index < -0.39 is 17.8 Å². The second-order valence-electron chi connectivity index (χ2n) is 7.04. The lowest BCUT2D eigenvalue weighted by atomic mass is 9.92. The molecule has 1 N–H and O–H groups in total. The zero-order chi connectivity index (χ0) is 20.8. The zero-order valence-corrected chi connectivity index (χ0v) is 16.9. The van der Waals surface area contributed by atoms with Crippen molar-refractivity contribution in [1.82, 2.24) is 9.88 Å². The van der Waals surface area contributed by atoms with Crippen molar-refractivity contribution in [3.63, 3.8) is 0 Å². The molecule has 156 valence electrons. The van der Waals surface area contributed by atoms with E-state index in [1.165, 1.54) is 13.2 Å². The number of piperidine rings is 1. The molecule has 0 amide bonds. The minimum Gasteiger partial charge on any atom is -0.480 e. The first kappa shape index (κ1) is 21.5. The summed E-state index contributed by atoms with van der Waals surface area (Å²) in [6, 6.07) is 9.40. The molecule has 2 heterocycles. The number of carbonyl (C=O) groups is 1. The normalized spacial score (nSPS) is 16.5. The van der Waals surface area contributed by atoms with Crippen LogP contribution in [0.15, 0.2) is 36.4 Å². The average molecular weight is 423 g/mol. The van der Waals surface area contributed by atoms with Gasteiger partial charge in [0.05, 0.1) is 6.61 Å². The van der Waals surface area contributed by atoms with Gasteiger partial charge in [0.1, 0.15) is 18.5 Å². The van der Waals surface area contributed by atoms with E-state index in [-0.39, 0.29) is 19.1 Å². The molecule has 6 nitrogen and oxygen atoms in total. The van der Waals surface area contributed by atoms with Crippen LogP contribution in [0.3, 0.4) is 0 Å². The summed E-state index contributed by atoms with van der Waals surface area (Å²) in [5.74, 6) is -0.626. The molecular weight excluding hydrogens is 399 g/mol. The minimum absolute atomic E-state index is 0.0647. The largest absolute Gasteiger partial charge is 0.480 e. The highest BCUT2D eigenvalue weighted by Crippen LogP contribution is 2.29. The summed E-state index contributed by atoms with van der Waals surface area (Å²) in [5.41, 5.74) is 1.31. The van der Waals surface area contributed by atoms with E-state index >= 15 is 0 Å². The zero-order valence-electron chi connectivity index (χ0n) is 16.2. The van der Waals surface area contributed by atoms with Gasteiger partial charge in [0, 0.05) is 35.4 Å². The summed E-state index contributed by atoms with van der Waals surface area (Å²) < 4.78 is 24.6. The van der Waals surface area contributed by atoms with Crippen LogP contribution in [0, 0.1) is 5.82 Å². The molecule has 1 saturated heterocycles. The molecule has 1 unspecified atom stereocenters. The number of aliphatic carboxylic acids is 1. The molecule has 1 aliphatic heterocycles. The van der Waals surface area contributed by atoms with Gasteiger partial charge in [-0.05, 0) is 44.1 Å². The van der Waals surface area contributed by atoms with Crippen LogP contribution in [0.1, 0.15) is 30.0 Å². The van der Waals surface area contributed by atoms with Crippen LogP contribution in [0.25, 0.3) is 0 Å². The molecule has 29 heavy (non-hydrogen) atoms. The van der Waals surface area contributed by atoms with Crippen molar-refractivity contribution in [1.29, 1.82) is 0 Å². The quantitative estimate of drug-likeness (QED) is 0.698. The maximum atomic E-state index is 13.9. The number of benzene rings is 1. The molecule has 3 rings (SSSR count). The van der Waals surface area contributed by atoms with Gasteiger partial charge in [-0.15, -0.1) is 0 Å². The van der Waals surface area contributed by atoms with Crippen molar-refractivity contribution in [2.24, 2.45) is 0 Å². The van der Waals surface area contributed by atoms with Gasteiger partial charge in [0.15, 0.2) is 0 Å². The van der Waals surface area contributed by atoms with Crippen molar-refractivity contribution in [3.8, 4) is 5.88 Å². The Kier molecular flexibility index (Phi) is 7.41. The Hall–Kier alpha value is -2.22. The molecule has 1 aromatic carbocycles. The van der Waals surface area contributed by atoms with E-state index in [2.05, 4.69) is 4.98 Å². The van der Waals surface area contributed by atoms with Gasteiger partial charge in [0.2, 0.25) is 5.88 Å². The summed E-state index contributed by atoms with van der Waals surface area (Å²) in [4.78, 5) is 17.9. The fourth-order valence-electron chi connectivity index (χ4n) is 3.53. The highest BCUT2D eigenvalue weighted by Gasteiger charge is 2.30. The van der Waals surface area contributed by atoms with E-state index in [1.54, 1.807) is 18.2 Å². The predicted octanol–water partition coefficient (Wildman–Crippen LogP) is 3.73. The number of methoxy groups -OCH3 is 1. The first-order chi connectivity index (χ1) is 14.0. The number of halogens is 2. The molecule has 1 aliphatic rings. The van der Waals surface area contributed by atoms with Crippen LogP contribution in [-0.2, 0) is 16.1 Å². The van der Waals surface area contributed by atoms with E-state index in [0.717, 1.165) is 18.5 Å². The van der Waals surface area contributed by atoms with Crippen LogP contribution >= 0.6 is 11.6 Å². The third kappa shape index (κ3) is 5.65. The maximum absolute atomic E-state index is 13.9. The standard InChI is InChI=1S/C21H24ClFN2O4/c1-28-13-19(21(26)27)25-9-7-14(8-10-25)18-3-2-4-20(24-18)29-12-15-5-6-16(22)11-17(15)23/h2-6,11,14,19H,7-10,12-13H2,1H3,(H,26,27). The summed E-state index contributed by atoms with van der Waals surface area (Å²) in [6.07, 6.45) is 1.60. The number of hydrogen-bond acceptors (Lipinski definition) is 5. The van der Waals surface area contributed by atoms with Crippen LogP contribution < -0.4 is 4.74 Å². The van der Waals surface area contributed by atoms with Crippen LogP contribution in [-0.4, -0.2) is 53.8 Å². The van der Waals surface area contributed by atoms with Gasteiger partial charge in [-0.25, -0.2) is 9.37 Å². The number of aromatic nitrogens is 1. The highest BCUT2D eigenvalue weighted by molar-refractivity contribution is 6.30. The monoisotopic (exact) mass is 422 g/mol. The third-order valence-electron chi connectivity index (χ3n) is 5.13. The van der Waals surface area contributed by atoms with Gasteiger partial charge in [-0.2, -0.15) is 0 Å². The number of carboxylic acids is 1. The second kappa shape index (κ2) is 10.0. The smallest absolute Gasteiger partial charge is 0.323 e. The Balaban J connectivity index is 1.59. The molecule has 1 atom stereocenters. The maximum Gasteiger partial charge on any atom is 0.323 e. The number of ether oxygens (including phenoxy) is 2.